The molecule has 2 aliphatic carbocycles. The fourth-order valence-electron chi connectivity index (χ4n) is 2.88. The average Bonchev–Trinajstić information content (AvgIpc) is 2.83. The Morgan fingerprint density at radius 2 is 2.07 bits per heavy atom. The van der Waals surface area contributed by atoms with Crippen molar-refractivity contribution in [2.24, 2.45) is 5.41 Å². The Bertz CT molecular complexity index is 374. The van der Waals surface area contributed by atoms with Gasteiger partial charge >= 0.3 is 0 Å². The second-order valence-electron chi connectivity index (χ2n) is 4.50. The number of ketones is 1. The molecule has 1 aromatic heterocycles. The lowest BCUT2D eigenvalue weighted by Crippen LogP contribution is -2.32. The van der Waals surface area contributed by atoms with Gasteiger partial charge in [0.05, 0.1) is 6.20 Å². The quantitative estimate of drug-likeness (QED) is 0.632. The number of aryl methyl sites for hydroxylation is 1. The predicted octanol–water partition coefficient (Wildman–Crippen LogP) is 2.36. The molecule has 1 heterocycles. The van der Waals surface area contributed by atoms with Crippen molar-refractivity contribution >= 4 is 5.78 Å². The Morgan fingerprint density at radius 3 is 2.86 bits per heavy atom. The highest BCUT2D eigenvalue weighted by Crippen LogP contribution is 2.47. The molecule has 0 aromatic carbocycles. The van der Waals surface area contributed by atoms with Gasteiger partial charge in [-0.15, -0.1) is 0 Å². The van der Waals surface area contributed by atoms with Crippen LogP contribution in [0.2, 0.25) is 0 Å². The first kappa shape index (κ1) is 8.21. The highest BCUT2D eigenvalue weighted by Gasteiger charge is 2.46. The number of aromatic nitrogens is 1. The summed E-state index contributed by atoms with van der Waals surface area (Å²) in [5.41, 5.74) is 0.930. The Kier molecular flexibility index (Phi) is 1.58. The molecule has 0 N–H and O–H groups in total. The topological polar surface area (TPSA) is 43.1 Å². The van der Waals surface area contributed by atoms with Crippen LogP contribution < -0.4 is 0 Å². The van der Waals surface area contributed by atoms with Gasteiger partial charge in [-0.25, -0.2) is 0 Å². The zero-order valence-corrected chi connectivity index (χ0v) is 8.08. The standard InChI is InChI=1S/C11H13NO2/c13-10-9-8(7-12-14-9)3-6-11(10)4-1-2-5-11/h7H,1-6H2. The summed E-state index contributed by atoms with van der Waals surface area (Å²) < 4.78 is 5.06. The number of nitrogens with zero attached hydrogens (tertiary/aromatic N) is 1. The molecular formula is C11H13NO2. The highest BCUT2D eigenvalue weighted by atomic mass is 16.5. The van der Waals surface area contributed by atoms with Gasteiger partial charge in [0, 0.05) is 11.0 Å². The maximum absolute atomic E-state index is 12.2. The van der Waals surface area contributed by atoms with Crippen LogP contribution in [0.1, 0.15) is 48.2 Å². The highest BCUT2D eigenvalue weighted by molar-refractivity contribution is 6.00. The summed E-state index contributed by atoms with van der Waals surface area (Å²) in [4.78, 5) is 12.2. The maximum atomic E-state index is 12.2. The molecule has 3 rings (SSSR count). The van der Waals surface area contributed by atoms with Crippen LogP contribution in [-0.2, 0) is 6.42 Å². The van der Waals surface area contributed by atoms with Gasteiger partial charge in [-0.3, -0.25) is 4.79 Å². The van der Waals surface area contributed by atoms with E-state index in [9.17, 15) is 4.79 Å². The van der Waals surface area contributed by atoms with E-state index >= 15 is 0 Å². The van der Waals surface area contributed by atoms with Gasteiger partial charge in [-0.1, -0.05) is 18.0 Å². The maximum Gasteiger partial charge on any atom is 0.207 e. The number of carbonyl (C=O) groups is 1. The van der Waals surface area contributed by atoms with Crippen molar-refractivity contribution in [3.8, 4) is 0 Å². The van der Waals surface area contributed by atoms with Gasteiger partial charge in [0.1, 0.15) is 0 Å². The van der Waals surface area contributed by atoms with Gasteiger partial charge < -0.3 is 4.52 Å². The number of hydrogen-bond acceptors (Lipinski definition) is 3. The zero-order valence-electron chi connectivity index (χ0n) is 8.08. The van der Waals surface area contributed by atoms with Crippen molar-refractivity contribution in [2.75, 3.05) is 0 Å². The van der Waals surface area contributed by atoms with Gasteiger partial charge in [0.2, 0.25) is 11.5 Å². The average molecular weight is 191 g/mol. The molecule has 0 unspecified atom stereocenters. The van der Waals surface area contributed by atoms with E-state index in [-0.39, 0.29) is 11.2 Å². The molecule has 74 valence electrons. The summed E-state index contributed by atoms with van der Waals surface area (Å²) in [6.07, 6.45) is 8.13. The number of hydrogen-bond donors (Lipinski definition) is 0. The second-order valence-corrected chi connectivity index (χ2v) is 4.50. The van der Waals surface area contributed by atoms with E-state index < -0.39 is 0 Å². The fraction of sp³-hybridized carbons (Fsp3) is 0.636. The molecule has 0 radical (unpaired) electrons. The summed E-state index contributed by atoms with van der Waals surface area (Å²) in [6.45, 7) is 0. The molecule has 0 atom stereocenters. The van der Waals surface area contributed by atoms with Crippen LogP contribution in [0.15, 0.2) is 10.7 Å². The molecule has 0 amide bonds. The Labute approximate surface area is 82.5 Å². The van der Waals surface area contributed by atoms with E-state index in [0.29, 0.717) is 5.76 Å². The fourth-order valence-corrected chi connectivity index (χ4v) is 2.88. The molecule has 2 aliphatic rings. The van der Waals surface area contributed by atoms with Gasteiger partial charge in [0.25, 0.3) is 0 Å². The van der Waals surface area contributed by atoms with E-state index in [4.69, 9.17) is 4.52 Å². The molecule has 0 saturated heterocycles. The summed E-state index contributed by atoms with van der Waals surface area (Å²) in [7, 11) is 0. The number of Topliss-reactive ketones (excluding diaryl/α,β-unsaturated/α-hetero) is 1. The number of carbonyl (C=O) groups excluding carboxylic acids is 1. The van der Waals surface area contributed by atoms with Crippen molar-refractivity contribution in [3.63, 3.8) is 0 Å². The van der Waals surface area contributed by atoms with Crippen LogP contribution >= 0.6 is 0 Å². The van der Waals surface area contributed by atoms with Crippen molar-refractivity contribution in [1.82, 2.24) is 5.16 Å². The lowest BCUT2D eigenvalue weighted by molar-refractivity contribution is 0.0721. The summed E-state index contributed by atoms with van der Waals surface area (Å²) in [5.74, 6) is 0.756. The zero-order chi connectivity index (χ0) is 9.60. The van der Waals surface area contributed by atoms with Crippen LogP contribution in [0, 0.1) is 5.41 Å². The van der Waals surface area contributed by atoms with Crippen molar-refractivity contribution in [1.29, 1.82) is 0 Å². The molecule has 0 bridgehead atoms. The van der Waals surface area contributed by atoms with Crippen LogP contribution in [0.3, 0.4) is 0 Å². The molecule has 1 fully saturated rings. The van der Waals surface area contributed by atoms with Gasteiger partial charge in [-0.05, 0) is 25.7 Å². The second kappa shape index (κ2) is 2.69. The van der Waals surface area contributed by atoms with Gasteiger partial charge in [0.15, 0.2) is 0 Å². The summed E-state index contributed by atoms with van der Waals surface area (Å²) in [5, 5.41) is 3.71. The Hall–Kier alpha value is -1.12. The first-order valence-corrected chi connectivity index (χ1v) is 5.30. The smallest absolute Gasteiger partial charge is 0.207 e. The molecule has 1 aromatic rings. The van der Waals surface area contributed by atoms with E-state index in [1.807, 2.05) is 0 Å². The largest absolute Gasteiger partial charge is 0.353 e. The lowest BCUT2D eigenvalue weighted by atomic mass is 9.72. The molecule has 1 saturated carbocycles. The minimum atomic E-state index is -0.0769. The molecular weight excluding hydrogens is 178 g/mol. The van der Waals surface area contributed by atoms with Crippen LogP contribution in [0.5, 0.6) is 0 Å². The Balaban J connectivity index is 2.04. The minimum absolute atomic E-state index is 0.0769. The molecule has 3 heteroatoms. The molecule has 1 spiro atoms. The van der Waals surface area contributed by atoms with Crippen molar-refractivity contribution < 1.29 is 9.32 Å². The lowest BCUT2D eigenvalue weighted by Gasteiger charge is -2.29. The molecule has 14 heavy (non-hydrogen) atoms. The number of fused-ring (bicyclic) bond motifs is 1. The monoisotopic (exact) mass is 191 g/mol. The molecule has 0 aliphatic heterocycles. The number of rotatable bonds is 0. The third-order valence-electron chi connectivity index (χ3n) is 3.77. The summed E-state index contributed by atoms with van der Waals surface area (Å²) in [6, 6.07) is 0. The first-order chi connectivity index (χ1) is 6.82. The normalized spacial score (nSPS) is 24.1. The Morgan fingerprint density at radius 1 is 1.29 bits per heavy atom. The third kappa shape index (κ3) is 0.925. The van der Waals surface area contributed by atoms with Gasteiger partial charge in [-0.2, -0.15) is 0 Å². The van der Waals surface area contributed by atoms with Crippen molar-refractivity contribution in [3.05, 3.63) is 17.5 Å². The third-order valence-corrected chi connectivity index (χ3v) is 3.77. The van der Waals surface area contributed by atoms with E-state index in [2.05, 4.69) is 5.16 Å². The van der Waals surface area contributed by atoms with Crippen LogP contribution in [-0.4, -0.2) is 10.9 Å². The van der Waals surface area contributed by atoms with E-state index in [0.717, 1.165) is 31.2 Å². The predicted molar refractivity (Wildman–Crippen MR) is 50.1 cm³/mol. The van der Waals surface area contributed by atoms with E-state index in [1.54, 1.807) is 6.20 Å². The minimum Gasteiger partial charge on any atom is -0.353 e. The first-order valence-electron chi connectivity index (χ1n) is 5.30. The van der Waals surface area contributed by atoms with Crippen molar-refractivity contribution in [2.45, 2.75) is 38.5 Å². The van der Waals surface area contributed by atoms with E-state index in [1.165, 1.54) is 12.8 Å². The van der Waals surface area contributed by atoms with Crippen LogP contribution in [0.4, 0.5) is 0 Å². The molecule has 3 nitrogen and oxygen atoms in total. The SMILES string of the molecule is O=C1c2oncc2CCC12CCCC2. The summed E-state index contributed by atoms with van der Waals surface area (Å²) >= 11 is 0. The van der Waals surface area contributed by atoms with Crippen LogP contribution in [0.25, 0.3) is 0 Å².